The smallest absolute Gasteiger partial charge is 0.231 e. The van der Waals surface area contributed by atoms with Crippen molar-refractivity contribution in [3.05, 3.63) is 59.7 Å². The van der Waals surface area contributed by atoms with Crippen molar-refractivity contribution < 1.29 is 14.2 Å². The molecule has 0 radical (unpaired) electrons. The van der Waals surface area contributed by atoms with E-state index in [0.29, 0.717) is 6.79 Å². The van der Waals surface area contributed by atoms with E-state index in [1.165, 1.54) is 11.1 Å². The molecule has 2 aliphatic heterocycles. The maximum absolute atomic E-state index is 5.65. The molecule has 0 spiro atoms. The van der Waals surface area contributed by atoms with Crippen LogP contribution >= 0.6 is 24.0 Å². The van der Waals surface area contributed by atoms with Gasteiger partial charge in [-0.15, -0.1) is 24.0 Å². The summed E-state index contributed by atoms with van der Waals surface area (Å²) in [5, 5.41) is 6.86. The quantitative estimate of drug-likeness (QED) is 0.319. The number of aliphatic imine (C=N–C) groups is 1. The first-order valence-corrected chi connectivity index (χ1v) is 10.8. The second kappa shape index (κ2) is 11.6. The van der Waals surface area contributed by atoms with Gasteiger partial charge in [-0.05, 0) is 49.4 Å². The Morgan fingerprint density at radius 2 is 1.77 bits per heavy atom. The van der Waals surface area contributed by atoms with Crippen molar-refractivity contribution in [1.82, 2.24) is 10.6 Å². The van der Waals surface area contributed by atoms with Gasteiger partial charge in [0, 0.05) is 31.7 Å². The maximum atomic E-state index is 5.65. The summed E-state index contributed by atoms with van der Waals surface area (Å²) in [7, 11) is 0. The lowest BCUT2D eigenvalue weighted by Gasteiger charge is -2.36. The Morgan fingerprint density at radius 3 is 2.55 bits per heavy atom. The number of guanidine groups is 1. The van der Waals surface area contributed by atoms with E-state index in [0.717, 1.165) is 69.6 Å². The molecule has 168 valence electrons. The number of rotatable bonds is 7. The average Bonchev–Trinajstić information content (AvgIpc) is 3.27. The number of ether oxygens (including phenoxy) is 3. The van der Waals surface area contributed by atoms with Crippen molar-refractivity contribution in [2.75, 3.05) is 39.6 Å². The predicted octanol–water partition coefficient (Wildman–Crippen LogP) is 3.88. The van der Waals surface area contributed by atoms with Gasteiger partial charge in [-0.2, -0.15) is 0 Å². The summed E-state index contributed by atoms with van der Waals surface area (Å²) in [6.45, 7) is 6.36. The molecule has 2 heterocycles. The summed E-state index contributed by atoms with van der Waals surface area (Å²) < 4.78 is 16.5. The third-order valence-corrected chi connectivity index (χ3v) is 5.86. The predicted molar refractivity (Wildman–Crippen MR) is 134 cm³/mol. The first-order chi connectivity index (χ1) is 14.8. The zero-order valence-electron chi connectivity index (χ0n) is 18.1. The first-order valence-electron chi connectivity index (χ1n) is 10.8. The summed E-state index contributed by atoms with van der Waals surface area (Å²) in [5.74, 6) is 2.52. The van der Waals surface area contributed by atoms with Crippen LogP contribution in [0.2, 0.25) is 0 Å². The standard InChI is InChI=1S/C24H31N3O3.HI/c1-2-25-23(26-13-10-19-8-9-21-22(16-19)30-18-29-21)27-17-24(11-14-28-15-12-24)20-6-4-3-5-7-20;/h3-9,16H,2,10-15,17-18H2,1H3,(H2,25,26,27);1H. The Bertz CT molecular complexity index is 854. The molecule has 0 aromatic heterocycles. The zero-order chi connectivity index (χ0) is 20.7. The highest BCUT2D eigenvalue weighted by atomic mass is 127. The molecular weight excluding hydrogens is 505 g/mol. The minimum absolute atomic E-state index is 0. The van der Waals surface area contributed by atoms with Crippen LogP contribution in [0.3, 0.4) is 0 Å². The normalized spacial score (nSPS) is 17.0. The molecule has 6 nitrogen and oxygen atoms in total. The maximum Gasteiger partial charge on any atom is 0.231 e. The molecule has 0 bridgehead atoms. The van der Waals surface area contributed by atoms with Gasteiger partial charge in [-0.3, -0.25) is 4.99 Å². The minimum atomic E-state index is 0. The Hall–Kier alpha value is -2.00. The second-order valence-electron chi connectivity index (χ2n) is 7.82. The van der Waals surface area contributed by atoms with Crippen molar-refractivity contribution in [2.24, 2.45) is 4.99 Å². The summed E-state index contributed by atoms with van der Waals surface area (Å²) in [6, 6.07) is 16.9. The molecule has 0 amide bonds. The zero-order valence-corrected chi connectivity index (χ0v) is 20.4. The lowest BCUT2D eigenvalue weighted by Crippen LogP contribution is -2.41. The SMILES string of the molecule is CCNC(=NCC1(c2ccccc2)CCOCC1)NCCc1ccc2c(c1)OCO2.I. The molecule has 0 aliphatic carbocycles. The van der Waals surface area contributed by atoms with E-state index in [-0.39, 0.29) is 29.4 Å². The van der Waals surface area contributed by atoms with Gasteiger partial charge in [0.15, 0.2) is 17.5 Å². The first kappa shape index (κ1) is 23.7. The van der Waals surface area contributed by atoms with Crippen LogP contribution < -0.4 is 20.1 Å². The van der Waals surface area contributed by atoms with Crippen LogP contribution in [0, 0.1) is 0 Å². The molecule has 2 aliphatic rings. The highest BCUT2D eigenvalue weighted by Gasteiger charge is 2.34. The monoisotopic (exact) mass is 537 g/mol. The molecule has 7 heteroatoms. The van der Waals surface area contributed by atoms with Crippen LogP contribution in [0.25, 0.3) is 0 Å². The molecule has 2 N–H and O–H groups in total. The lowest BCUT2D eigenvalue weighted by atomic mass is 9.74. The van der Waals surface area contributed by atoms with E-state index < -0.39 is 0 Å². The van der Waals surface area contributed by atoms with E-state index in [1.807, 2.05) is 6.07 Å². The summed E-state index contributed by atoms with van der Waals surface area (Å²) in [5.41, 5.74) is 2.61. The van der Waals surface area contributed by atoms with Gasteiger partial charge < -0.3 is 24.8 Å². The summed E-state index contributed by atoms with van der Waals surface area (Å²) >= 11 is 0. The molecule has 1 fully saturated rings. The van der Waals surface area contributed by atoms with Crippen LogP contribution in [0.4, 0.5) is 0 Å². The van der Waals surface area contributed by atoms with Crippen molar-refractivity contribution in [3.8, 4) is 11.5 Å². The van der Waals surface area contributed by atoms with Crippen LogP contribution in [0.1, 0.15) is 30.9 Å². The Balaban J connectivity index is 0.00000272. The van der Waals surface area contributed by atoms with Gasteiger partial charge in [0.2, 0.25) is 6.79 Å². The van der Waals surface area contributed by atoms with Crippen molar-refractivity contribution >= 4 is 29.9 Å². The van der Waals surface area contributed by atoms with Gasteiger partial charge in [0.05, 0.1) is 6.54 Å². The van der Waals surface area contributed by atoms with Crippen LogP contribution in [0.15, 0.2) is 53.5 Å². The molecule has 0 atom stereocenters. The fourth-order valence-electron chi connectivity index (χ4n) is 4.09. The van der Waals surface area contributed by atoms with Crippen LogP contribution in [0.5, 0.6) is 11.5 Å². The average molecular weight is 537 g/mol. The van der Waals surface area contributed by atoms with Gasteiger partial charge in [0.25, 0.3) is 0 Å². The van der Waals surface area contributed by atoms with E-state index in [2.05, 4.69) is 60.0 Å². The van der Waals surface area contributed by atoms with Crippen molar-refractivity contribution in [3.63, 3.8) is 0 Å². The fraction of sp³-hybridized carbons (Fsp3) is 0.458. The molecule has 4 rings (SSSR count). The molecular formula is C24H32IN3O3. The van der Waals surface area contributed by atoms with Gasteiger partial charge >= 0.3 is 0 Å². The number of fused-ring (bicyclic) bond motifs is 1. The number of hydrogen-bond acceptors (Lipinski definition) is 4. The van der Waals surface area contributed by atoms with Gasteiger partial charge in [-0.25, -0.2) is 0 Å². The number of nitrogens with one attached hydrogen (secondary N) is 2. The Labute approximate surface area is 201 Å². The lowest BCUT2D eigenvalue weighted by molar-refractivity contribution is 0.0531. The van der Waals surface area contributed by atoms with E-state index >= 15 is 0 Å². The van der Waals surface area contributed by atoms with Gasteiger partial charge in [0.1, 0.15) is 0 Å². The van der Waals surface area contributed by atoms with Crippen LogP contribution in [-0.2, 0) is 16.6 Å². The minimum Gasteiger partial charge on any atom is -0.454 e. The van der Waals surface area contributed by atoms with Crippen molar-refractivity contribution in [2.45, 2.75) is 31.6 Å². The molecule has 31 heavy (non-hydrogen) atoms. The second-order valence-corrected chi connectivity index (χ2v) is 7.82. The third kappa shape index (κ3) is 6.04. The Morgan fingerprint density at radius 1 is 1.00 bits per heavy atom. The molecule has 2 aromatic rings. The topological polar surface area (TPSA) is 64.1 Å². The largest absolute Gasteiger partial charge is 0.454 e. The Kier molecular flexibility index (Phi) is 8.83. The van der Waals surface area contributed by atoms with E-state index in [4.69, 9.17) is 19.2 Å². The van der Waals surface area contributed by atoms with Crippen molar-refractivity contribution in [1.29, 1.82) is 0 Å². The fourth-order valence-corrected chi connectivity index (χ4v) is 4.09. The number of halogens is 1. The van der Waals surface area contributed by atoms with Crippen LogP contribution in [-0.4, -0.2) is 45.6 Å². The number of hydrogen-bond donors (Lipinski definition) is 2. The highest BCUT2D eigenvalue weighted by molar-refractivity contribution is 14.0. The van der Waals surface area contributed by atoms with E-state index in [9.17, 15) is 0 Å². The summed E-state index contributed by atoms with van der Waals surface area (Å²) in [4.78, 5) is 4.97. The van der Waals surface area contributed by atoms with Gasteiger partial charge in [-0.1, -0.05) is 36.4 Å². The third-order valence-electron chi connectivity index (χ3n) is 5.86. The van der Waals surface area contributed by atoms with E-state index in [1.54, 1.807) is 0 Å². The molecule has 0 unspecified atom stereocenters. The molecule has 2 aromatic carbocycles. The molecule has 1 saturated heterocycles. The summed E-state index contributed by atoms with van der Waals surface area (Å²) in [6.07, 6.45) is 2.88. The number of benzene rings is 2. The number of nitrogens with zero attached hydrogens (tertiary/aromatic N) is 1. The molecule has 0 saturated carbocycles. The highest BCUT2D eigenvalue weighted by Crippen LogP contribution is 2.35.